The Morgan fingerprint density at radius 3 is 1.95 bits per heavy atom. The van der Waals surface area contributed by atoms with Crippen LogP contribution in [-0.2, 0) is 23.8 Å². The van der Waals surface area contributed by atoms with Gasteiger partial charge in [-0.05, 0) is 180 Å². The zero-order valence-corrected chi connectivity index (χ0v) is 42.2. The molecule has 3 fully saturated rings. The maximum absolute atomic E-state index is 13.9. The number of amides is 3. The van der Waals surface area contributed by atoms with Gasteiger partial charge in [0.15, 0.2) is 0 Å². The molecule has 0 bridgehead atoms. The minimum Gasteiger partial charge on any atom is -0.462 e. The van der Waals surface area contributed by atoms with Crippen LogP contribution in [-0.4, -0.2) is 70.4 Å². The molecule has 0 aromatic rings. The highest BCUT2D eigenvalue weighted by Crippen LogP contribution is 2.67. The minimum atomic E-state index is -0.650. The second-order valence-corrected chi connectivity index (χ2v) is 24.4. The van der Waals surface area contributed by atoms with Gasteiger partial charge < -0.3 is 29.7 Å². The first-order chi connectivity index (χ1) is 28.5. The van der Waals surface area contributed by atoms with E-state index in [-0.39, 0.29) is 36.2 Å². The van der Waals surface area contributed by atoms with Crippen molar-refractivity contribution in [3.8, 4) is 0 Å². The molecule has 4 aliphatic rings. The van der Waals surface area contributed by atoms with Crippen LogP contribution in [0.5, 0.6) is 0 Å². The highest BCUT2D eigenvalue weighted by Gasteiger charge is 2.59. The van der Waals surface area contributed by atoms with E-state index in [1.54, 1.807) is 4.90 Å². The molecule has 0 saturated heterocycles. The molecule has 0 heterocycles. The highest BCUT2D eigenvalue weighted by molar-refractivity contribution is 5.81. The summed E-state index contributed by atoms with van der Waals surface area (Å²) in [4.78, 5) is 54.2. The maximum atomic E-state index is 13.9. The van der Waals surface area contributed by atoms with E-state index >= 15 is 0 Å². The molecule has 4 rings (SSSR count). The van der Waals surface area contributed by atoms with Crippen molar-refractivity contribution in [2.45, 2.75) is 235 Å². The number of esters is 1. The van der Waals surface area contributed by atoms with E-state index in [0.29, 0.717) is 43.7 Å². The van der Waals surface area contributed by atoms with Crippen molar-refractivity contribution in [2.24, 2.45) is 46.3 Å². The number of hydrogen-bond donors (Lipinski definition) is 2. The van der Waals surface area contributed by atoms with Crippen molar-refractivity contribution >= 4 is 24.1 Å². The fourth-order valence-corrected chi connectivity index (χ4v) is 12.1. The lowest BCUT2D eigenvalue weighted by atomic mass is 9.47. The molecular formula is C52H91N3O7. The number of hydrogen-bond acceptors (Lipinski definition) is 7. The molecular weight excluding hydrogens is 779 g/mol. The summed E-state index contributed by atoms with van der Waals surface area (Å²) in [5, 5.41) is 5.90. The summed E-state index contributed by atoms with van der Waals surface area (Å²) in [6, 6.07) is 0. The largest absolute Gasteiger partial charge is 0.462 e. The van der Waals surface area contributed by atoms with Gasteiger partial charge in [-0.25, -0.2) is 9.59 Å². The van der Waals surface area contributed by atoms with Gasteiger partial charge in [0.25, 0.3) is 0 Å². The normalized spacial score (nSPS) is 28.1. The summed E-state index contributed by atoms with van der Waals surface area (Å²) in [7, 11) is 0. The SMILES string of the molecule is CC(C)CCC[C@@H](C)[C@H]1CC[C@H]2[C@@H]3CC=C4C[C@@H](OC(=O)CCC(=O)N(CCCC(C)(C)NC(=O)OC(C)(C)C)CCC(C)(C)NC(=O)OC(C)(C)C)CC[C@]4(C)[C@H]3CC[C@]12C. The van der Waals surface area contributed by atoms with Gasteiger partial charge in [0.05, 0.1) is 6.42 Å². The highest BCUT2D eigenvalue weighted by atomic mass is 16.6. The van der Waals surface area contributed by atoms with Crippen molar-refractivity contribution in [2.75, 3.05) is 13.1 Å². The Kier molecular flexibility index (Phi) is 17.2. The Bertz CT molecular complexity index is 1570. The van der Waals surface area contributed by atoms with Crippen molar-refractivity contribution in [3.05, 3.63) is 11.6 Å². The number of alkyl carbamates (subject to hydrolysis) is 2. The average Bonchev–Trinajstić information content (AvgIpc) is 3.47. The van der Waals surface area contributed by atoms with Crippen LogP contribution < -0.4 is 10.6 Å². The van der Waals surface area contributed by atoms with Crippen LogP contribution in [0.1, 0.15) is 207 Å². The number of rotatable bonds is 18. The molecule has 0 aromatic heterocycles. The van der Waals surface area contributed by atoms with Gasteiger partial charge in [0.1, 0.15) is 17.3 Å². The van der Waals surface area contributed by atoms with Gasteiger partial charge in [0.2, 0.25) is 5.91 Å². The summed E-state index contributed by atoms with van der Waals surface area (Å²) >= 11 is 0. The van der Waals surface area contributed by atoms with E-state index in [0.717, 1.165) is 55.3 Å². The topological polar surface area (TPSA) is 123 Å². The van der Waals surface area contributed by atoms with Gasteiger partial charge in [-0.2, -0.15) is 0 Å². The van der Waals surface area contributed by atoms with Gasteiger partial charge in [-0.15, -0.1) is 0 Å². The third-order valence-corrected chi connectivity index (χ3v) is 15.4. The summed E-state index contributed by atoms with van der Waals surface area (Å²) in [5.74, 6) is 4.28. The zero-order valence-electron chi connectivity index (χ0n) is 42.2. The van der Waals surface area contributed by atoms with Gasteiger partial charge in [-0.3, -0.25) is 9.59 Å². The van der Waals surface area contributed by atoms with Crippen LogP contribution in [0, 0.1) is 46.3 Å². The smallest absolute Gasteiger partial charge is 0.408 e. The lowest BCUT2D eigenvalue weighted by molar-refractivity contribution is -0.153. The summed E-state index contributed by atoms with van der Waals surface area (Å²) < 4.78 is 17.1. The molecule has 10 nitrogen and oxygen atoms in total. The molecule has 3 saturated carbocycles. The van der Waals surface area contributed by atoms with Crippen LogP contribution in [0.15, 0.2) is 11.6 Å². The van der Waals surface area contributed by atoms with Crippen LogP contribution in [0.3, 0.4) is 0 Å². The average molecular weight is 870 g/mol. The van der Waals surface area contributed by atoms with Gasteiger partial charge >= 0.3 is 18.2 Å². The third-order valence-electron chi connectivity index (χ3n) is 15.4. The number of allylic oxidation sites excluding steroid dienone is 1. The van der Waals surface area contributed by atoms with E-state index in [4.69, 9.17) is 14.2 Å². The number of carbonyl (C=O) groups excluding carboxylic acids is 4. The summed E-state index contributed by atoms with van der Waals surface area (Å²) in [6.45, 7) is 31.9. The van der Waals surface area contributed by atoms with E-state index in [2.05, 4.69) is 51.3 Å². The van der Waals surface area contributed by atoms with Crippen LogP contribution >= 0.6 is 0 Å². The fourth-order valence-electron chi connectivity index (χ4n) is 12.1. The molecule has 10 heteroatoms. The molecule has 2 N–H and O–H groups in total. The molecule has 8 atom stereocenters. The molecule has 62 heavy (non-hydrogen) atoms. The molecule has 0 aliphatic heterocycles. The van der Waals surface area contributed by atoms with E-state index in [1.807, 2.05) is 69.2 Å². The first-order valence-corrected chi connectivity index (χ1v) is 24.7. The number of ether oxygens (including phenoxy) is 3. The minimum absolute atomic E-state index is 0.0232. The lowest BCUT2D eigenvalue weighted by Gasteiger charge is -2.58. The van der Waals surface area contributed by atoms with E-state index in [9.17, 15) is 19.2 Å². The van der Waals surface area contributed by atoms with Crippen molar-refractivity contribution in [3.63, 3.8) is 0 Å². The monoisotopic (exact) mass is 870 g/mol. The number of nitrogens with one attached hydrogen (secondary N) is 2. The van der Waals surface area contributed by atoms with Crippen molar-refractivity contribution in [1.29, 1.82) is 0 Å². The summed E-state index contributed by atoms with van der Waals surface area (Å²) in [5.41, 5.74) is -0.322. The van der Waals surface area contributed by atoms with Crippen LogP contribution in [0.25, 0.3) is 0 Å². The van der Waals surface area contributed by atoms with Gasteiger partial charge in [0, 0.05) is 37.0 Å². The fraction of sp³-hybridized carbons (Fsp3) is 0.885. The van der Waals surface area contributed by atoms with Crippen molar-refractivity contribution in [1.82, 2.24) is 15.5 Å². The molecule has 3 amide bonds. The number of carbonyl (C=O) groups is 4. The standard InChI is InChI=1S/C52H91N3O7/c1-35(2)18-16-19-36(3)40-22-23-41-39-21-20-37-34-38(26-29-51(37,14)42(39)27-30-52(40,41)15)60-44(57)25-24-43(56)55(33-31-50(12,13)54-46(59)62-48(7,8)9)32-17-28-49(10,11)53-45(58)61-47(4,5)6/h20,35-36,38-42H,16-19,21-34H2,1-15H3,(H,53,58)(H,54,59)/t36-,38+,39+,40-,41+,42+,51+,52-/m1/s1. The molecule has 0 radical (unpaired) electrons. The first kappa shape index (κ1) is 51.9. The third kappa shape index (κ3) is 14.6. The summed E-state index contributed by atoms with van der Waals surface area (Å²) in [6.07, 6.45) is 16.6. The first-order valence-electron chi connectivity index (χ1n) is 24.7. The maximum Gasteiger partial charge on any atom is 0.408 e. The number of nitrogens with zero attached hydrogens (tertiary/aromatic N) is 1. The van der Waals surface area contributed by atoms with Crippen LogP contribution in [0.4, 0.5) is 9.59 Å². The Morgan fingerprint density at radius 2 is 1.35 bits per heavy atom. The molecule has 0 unspecified atom stereocenters. The molecule has 0 spiro atoms. The second kappa shape index (κ2) is 20.6. The Hall–Kier alpha value is -2.78. The molecule has 0 aromatic carbocycles. The van der Waals surface area contributed by atoms with E-state index < -0.39 is 34.5 Å². The zero-order chi connectivity index (χ0) is 46.5. The van der Waals surface area contributed by atoms with Crippen LogP contribution in [0.2, 0.25) is 0 Å². The Morgan fingerprint density at radius 1 is 0.742 bits per heavy atom. The number of fused-ring (bicyclic) bond motifs is 5. The van der Waals surface area contributed by atoms with Crippen molar-refractivity contribution < 1.29 is 33.4 Å². The lowest BCUT2D eigenvalue weighted by Crippen LogP contribution is -2.51. The molecule has 4 aliphatic carbocycles. The predicted octanol–water partition coefficient (Wildman–Crippen LogP) is 12.3. The second-order valence-electron chi connectivity index (χ2n) is 24.4. The Balaban J connectivity index is 1.33. The van der Waals surface area contributed by atoms with E-state index in [1.165, 1.54) is 50.5 Å². The van der Waals surface area contributed by atoms with Gasteiger partial charge in [-0.1, -0.05) is 65.5 Å². The quantitative estimate of drug-likeness (QED) is 0.0799. The predicted molar refractivity (Wildman–Crippen MR) is 249 cm³/mol. The Labute approximate surface area is 377 Å². The molecule has 356 valence electrons.